The van der Waals surface area contributed by atoms with Crippen molar-refractivity contribution >= 4 is 29.1 Å². The molecule has 0 aromatic heterocycles. The van der Waals surface area contributed by atoms with Gasteiger partial charge in [0.1, 0.15) is 6.04 Å². The van der Waals surface area contributed by atoms with Crippen molar-refractivity contribution in [2.45, 2.75) is 19.2 Å². The second-order valence-corrected chi connectivity index (χ2v) is 5.90. The van der Waals surface area contributed by atoms with E-state index < -0.39 is 11.9 Å². The van der Waals surface area contributed by atoms with Crippen LogP contribution in [0.2, 0.25) is 10.0 Å². The second-order valence-electron chi connectivity index (χ2n) is 5.09. The minimum Gasteiger partial charge on any atom is -0.375 e. The predicted octanol–water partition coefficient (Wildman–Crippen LogP) is 3.15. The number of carbonyl (C=O) groups excluding carboxylic acids is 1. The number of primary amides is 1. The van der Waals surface area contributed by atoms with Crippen LogP contribution in [0.3, 0.4) is 0 Å². The molecular weight excluding hydrogens is 335 g/mol. The average molecular weight is 353 g/mol. The Bertz CT molecular complexity index is 650. The molecule has 1 unspecified atom stereocenters. The van der Waals surface area contributed by atoms with E-state index in [4.69, 9.17) is 33.7 Å². The van der Waals surface area contributed by atoms with Crippen LogP contribution in [0.5, 0.6) is 0 Å². The first kappa shape index (κ1) is 17.8. The van der Waals surface area contributed by atoms with Crippen molar-refractivity contribution in [2.75, 3.05) is 6.61 Å². The van der Waals surface area contributed by atoms with Gasteiger partial charge < -0.3 is 10.5 Å². The van der Waals surface area contributed by atoms with E-state index in [0.717, 1.165) is 11.1 Å². The molecule has 0 aliphatic carbocycles. The summed E-state index contributed by atoms with van der Waals surface area (Å²) in [7, 11) is 0. The normalized spacial score (nSPS) is 12.1. The van der Waals surface area contributed by atoms with Crippen LogP contribution in [0, 0.1) is 0 Å². The van der Waals surface area contributed by atoms with Gasteiger partial charge in [-0.15, -0.1) is 0 Å². The van der Waals surface area contributed by atoms with Crippen molar-refractivity contribution in [1.82, 2.24) is 5.32 Å². The highest BCUT2D eigenvalue weighted by Crippen LogP contribution is 2.22. The number of carbonyl (C=O) groups is 1. The van der Waals surface area contributed by atoms with Gasteiger partial charge in [0.15, 0.2) is 0 Å². The van der Waals surface area contributed by atoms with Gasteiger partial charge in [-0.2, -0.15) is 0 Å². The molecule has 3 N–H and O–H groups in total. The number of amides is 1. The lowest BCUT2D eigenvalue weighted by Gasteiger charge is -2.16. The summed E-state index contributed by atoms with van der Waals surface area (Å²) < 4.78 is 5.56. The molecule has 2 aromatic rings. The Labute approximate surface area is 145 Å². The van der Waals surface area contributed by atoms with Gasteiger partial charge in [-0.1, -0.05) is 59.6 Å². The first-order valence-corrected chi connectivity index (χ1v) is 7.90. The Morgan fingerprint density at radius 1 is 1.09 bits per heavy atom. The number of nitrogens with two attached hydrogens (primary N) is 1. The van der Waals surface area contributed by atoms with Crippen LogP contribution < -0.4 is 11.1 Å². The van der Waals surface area contributed by atoms with Gasteiger partial charge in [0.2, 0.25) is 5.91 Å². The van der Waals surface area contributed by atoms with Crippen LogP contribution in [-0.2, 0) is 22.7 Å². The third kappa shape index (κ3) is 5.84. The molecule has 6 heteroatoms. The number of ether oxygens (including phenoxy) is 1. The third-order valence-corrected chi connectivity index (χ3v) is 4.02. The molecule has 0 radical (unpaired) electrons. The fraction of sp³-hybridized carbons (Fsp3) is 0.235. The van der Waals surface area contributed by atoms with Gasteiger partial charge in [-0.05, 0) is 23.3 Å². The third-order valence-electron chi connectivity index (χ3n) is 3.28. The number of benzene rings is 2. The molecule has 2 aromatic carbocycles. The zero-order valence-corrected chi connectivity index (χ0v) is 14.0. The largest absolute Gasteiger partial charge is 0.375 e. The molecule has 0 fully saturated rings. The highest BCUT2D eigenvalue weighted by Gasteiger charge is 2.15. The molecule has 0 spiro atoms. The lowest BCUT2D eigenvalue weighted by atomic mass is 10.2. The summed E-state index contributed by atoms with van der Waals surface area (Å²) in [5.74, 6) is -0.449. The molecule has 0 aliphatic heterocycles. The topological polar surface area (TPSA) is 64.4 Å². The smallest absolute Gasteiger partial charge is 0.236 e. The number of rotatable bonds is 8. The lowest BCUT2D eigenvalue weighted by molar-refractivity contribution is -0.121. The summed E-state index contributed by atoms with van der Waals surface area (Å²) in [5, 5.41) is 4.06. The molecule has 1 atom stereocenters. The van der Waals surface area contributed by atoms with Crippen LogP contribution in [-0.4, -0.2) is 18.6 Å². The summed E-state index contributed by atoms with van der Waals surface area (Å²) in [6.45, 7) is 1.06. The van der Waals surface area contributed by atoms with Crippen molar-refractivity contribution in [2.24, 2.45) is 5.73 Å². The van der Waals surface area contributed by atoms with Crippen LogP contribution >= 0.6 is 23.2 Å². The van der Waals surface area contributed by atoms with E-state index in [0.29, 0.717) is 23.2 Å². The van der Waals surface area contributed by atoms with Crippen molar-refractivity contribution in [3.63, 3.8) is 0 Å². The standard InChI is InChI=1S/C17H18Cl2N2O2/c18-14-7-6-13(8-15(14)19)10-23-11-16(17(20)22)21-9-12-4-2-1-3-5-12/h1-8,16,21H,9-11H2,(H2,20,22). The maximum atomic E-state index is 11.5. The van der Waals surface area contributed by atoms with Crippen molar-refractivity contribution in [3.05, 3.63) is 69.7 Å². The lowest BCUT2D eigenvalue weighted by Crippen LogP contribution is -2.44. The molecule has 122 valence electrons. The number of nitrogens with one attached hydrogen (secondary N) is 1. The fourth-order valence-electron chi connectivity index (χ4n) is 2.00. The van der Waals surface area contributed by atoms with Crippen LogP contribution in [0.1, 0.15) is 11.1 Å². The van der Waals surface area contributed by atoms with E-state index in [9.17, 15) is 4.79 Å². The summed E-state index contributed by atoms with van der Waals surface area (Å²) in [6, 6.07) is 14.5. The van der Waals surface area contributed by atoms with Crippen LogP contribution in [0.25, 0.3) is 0 Å². The maximum Gasteiger partial charge on any atom is 0.236 e. The van der Waals surface area contributed by atoms with Gasteiger partial charge >= 0.3 is 0 Å². The van der Waals surface area contributed by atoms with Crippen molar-refractivity contribution in [1.29, 1.82) is 0 Å². The SMILES string of the molecule is NC(=O)C(COCc1ccc(Cl)c(Cl)c1)NCc1ccccc1. The van der Waals surface area contributed by atoms with Gasteiger partial charge in [-0.3, -0.25) is 10.1 Å². The molecule has 2 rings (SSSR count). The Kier molecular flexibility index (Phi) is 6.86. The number of hydrogen-bond donors (Lipinski definition) is 2. The molecule has 4 nitrogen and oxygen atoms in total. The van der Waals surface area contributed by atoms with Crippen molar-refractivity contribution < 1.29 is 9.53 Å². The van der Waals surface area contributed by atoms with Crippen molar-refractivity contribution in [3.8, 4) is 0 Å². The van der Waals surface area contributed by atoms with E-state index in [2.05, 4.69) is 5.32 Å². The summed E-state index contributed by atoms with van der Waals surface area (Å²) in [6.07, 6.45) is 0. The number of hydrogen-bond acceptors (Lipinski definition) is 3. The Morgan fingerprint density at radius 3 is 2.48 bits per heavy atom. The minimum atomic E-state index is -0.557. The molecule has 0 aliphatic rings. The number of halogens is 2. The Balaban J connectivity index is 1.82. The molecule has 1 amide bonds. The van der Waals surface area contributed by atoms with E-state index >= 15 is 0 Å². The summed E-state index contributed by atoms with van der Waals surface area (Å²) in [5.41, 5.74) is 7.36. The molecule has 0 saturated carbocycles. The Hall–Kier alpha value is -1.59. The first-order chi connectivity index (χ1) is 11.1. The molecule has 23 heavy (non-hydrogen) atoms. The van der Waals surface area contributed by atoms with Gasteiger partial charge in [0.05, 0.1) is 23.3 Å². The summed E-state index contributed by atoms with van der Waals surface area (Å²) in [4.78, 5) is 11.5. The Morgan fingerprint density at radius 2 is 1.83 bits per heavy atom. The maximum absolute atomic E-state index is 11.5. The second kappa shape index (κ2) is 8.89. The molecule has 0 saturated heterocycles. The quantitative estimate of drug-likeness (QED) is 0.766. The van der Waals surface area contributed by atoms with Gasteiger partial charge in [-0.25, -0.2) is 0 Å². The van der Waals surface area contributed by atoms with E-state index in [1.807, 2.05) is 36.4 Å². The monoisotopic (exact) mass is 352 g/mol. The minimum absolute atomic E-state index is 0.183. The highest BCUT2D eigenvalue weighted by molar-refractivity contribution is 6.42. The molecule has 0 heterocycles. The first-order valence-electron chi connectivity index (χ1n) is 7.14. The van der Waals surface area contributed by atoms with Crippen LogP contribution in [0.15, 0.2) is 48.5 Å². The average Bonchev–Trinajstić information content (AvgIpc) is 2.54. The van der Waals surface area contributed by atoms with E-state index in [1.165, 1.54) is 0 Å². The molecular formula is C17H18Cl2N2O2. The van der Waals surface area contributed by atoms with Gasteiger partial charge in [0, 0.05) is 6.54 Å². The highest BCUT2D eigenvalue weighted by atomic mass is 35.5. The summed E-state index contributed by atoms with van der Waals surface area (Å²) >= 11 is 11.8. The van der Waals surface area contributed by atoms with Crippen LogP contribution in [0.4, 0.5) is 0 Å². The van der Waals surface area contributed by atoms with E-state index in [1.54, 1.807) is 12.1 Å². The zero-order valence-electron chi connectivity index (χ0n) is 12.5. The van der Waals surface area contributed by atoms with Gasteiger partial charge in [0.25, 0.3) is 0 Å². The molecule has 0 bridgehead atoms. The predicted molar refractivity (Wildman–Crippen MR) is 92.4 cm³/mol. The zero-order chi connectivity index (χ0) is 16.7. The fourth-order valence-corrected chi connectivity index (χ4v) is 2.32. The van der Waals surface area contributed by atoms with E-state index in [-0.39, 0.29) is 6.61 Å².